The van der Waals surface area contributed by atoms with Crippen LogP contribution >= 0.6 is 0 Å². The minimum Gasteiger partial charge on any atom is -0.493 e. The number of carbonyl (C=O) groups excluding carboxylic acids is 2. The lowest BCUT2D eigenvalue weighted by Gasteiger charge is -2.30. The summed E-state index contributed by atoms with van der Waals surface area (Å²) in [6.07, 6.45) is 5.42. The van der Waals surface area contributed by atoms with E-state index >= 15 is 0 Å². The van der Waals surface area contributed by atoms with Crippen LogP contribution in [0.15, 0.2) is 71.1 Å². The topological polar surface area (TPSA) is 135 Å². The molecule has 0 saturated carbocycles. The number of esters is 2. The second-order valence-electron chi connectivity index (χ2n) is 11.0. The van der Waals surface area contributed by atoms with Gasteiger partial charge in [-0.2, -0.15) is 0 Å². The van der Waals surface area contributed by atoms with Crippen LogP contribution in [0, 0.1) is 10.1 Å². The van der Waals surface area contributed by atoms with Crippen LogP contribution in [-0.4, -0.2) is 56.2 Å². The van der Waals surface area contributed by atoms with Gasteiger partial charge in [-0.3, -0.25) is 10.1 Å². The number of nitro benzene ring substituents is 1. The molecule has 0 aromatic heterocycles. The fraction of sp³-hybridized carbons (Fsp3) is 0.471. The molecule has 0 amide bonds. The molecule has 0 bridgehead atoms. The Balaban J connectivity index is 1.30. The highest BCUT2D eigenvalue weighted by Gasteiger charge is 2.38. The first kappa shape index (κ1) is 33.7. The normalized spacial score (nSPS) is 18.3. The minimum absolute atomic E-state index is 0.0637. The van der Waals surface area contributed by atoms with E-state index in [0.29, 0.717) is 36.6 Å². The highest BCUT2D eigenvalue weighted by molar-refractivity contribution is 6.00. The fourth-order valence-electron chi connectivity index (χ4n) is 5.47. The molecule has 242 valence electrons. The van der Waals surface area contributed by atoms with E-state index in [1.54, 1.807) is 26.8 Å². The zero-order valence-corrected chi connectivity index (χ0v) is 26.2. The van der Waals surface area contributed by atoms with Gasteiger partial charge in [0.05, 0.1) is 48.4 Å². The smallest absolute Gasteiger partial charge is 0.336 e. The highest BCUT2D eigenvalue weighted by atomic mass is 16.7. The van der Waals surface area contributed by atoms with E-state index in [4.69, 9.17) is 23.7 Å². The number of nitrogens with zero attached hydrogens (tertiary/aromatic N) is 1. The lowest BCUT2D eigenvalue weighted by molar-refractivity contribution is -0.384. The molecule has 0 aliphatic carbocycles. The molecular formula is C34H42N2O9. The number of benzene rings is 2. The van der Waals surface area contributed by atoms with Crippen molar-refractivity contribution in [2.24, 2.45) is 0 Å². The molecule has 1 saturated heterocycles. The Kier molecular flexibility index (Phi) is 12.5. The average Bonchev–Trinajstić information content (AvgIpc) is 3.03. The van der Waals surface area contributed by atoms with E-state index in [0.717, 1.165) is 44.5 Å². The molecule has 45 heavy (non-hydrogen) atoms. The van der Waals surface area contributed by atoms with Crippen LogP contribution in [0.1, 0.15) is 69.9 Å². The summed E-state index contributed by atoms with van der Waals surface area (Å²) in [7, 11) is 0. The van der Waals surface area contributed by atoms with Crippen molar-refractivity contribution in [3.63, 3.8) is 0 Å². The minimum atomic E-state index is -0.903. The molecule has 2 aromatic carbocycles. The maximum atomic E-state index is 13.4. The number of carbonyl (C=O) groups is 2. The van der Waals surface area contributed by atoms with E-state index in [1.165, 1.54) is 23.8 Å². The summed E-state index contributed by atoms with van der Waals surface area (Å²) >= 11 is 0. The van der Waals surface area contributed by atoms with Crippen molar-refractivity contribution < 1.29 is 38.2 Å². The van der Waals surface area contributed by atoms with Gasteiger partial charge in [-0.1, -0.05) is 24.3 Å². The summed E-state index contributed by atoms with van der Waals surface area (Å²) < 4.78 is 28.1. The van der Waals surface area contributed by atoms with Crippen molar-refractivity contribution in [1.82, 2.24) is 5.32 Å². The number of ether oxygens (including phenoxy) is 5. The number of nitrogens with one attached hydrogen (secondary N) is 1. The summed E-state index contributed by atoms with van der Waals surface area (Å²) in [5, 5.41) is 14.6. The number of aryl methyl sites for hydroxylation is 1. The fourth-order valence-corrected chi connectivity index (χ4v) is 5.47. The molecule has 1 fully saturated rings. The van der Waals surface area contributed by atoms with Crippen LogP contribution in [0.25, 0.3) is 0 Å². The maximum Gasteiger partial charge on any atom is 0.336 e. The van der Waals surface area contributed by atoms with Crippen LogP contribution in [0.3, 0.4) is 0 Å². The van der Waals surface area contributed by atoms with Crippen LogP contribution in [0.2, 0.25) is 0 Å². The second-order valence-corrected chi connectivity index (χ2v) is 11.0. The number of nitro groups is 1. The number of dihydropyridines is 1. The monoisotopic (exact) mass is 622 g/mol. The summed E-state index contributed by atoms with van der Waals surface area (Å²) in [6.45, 7) is 7.09. The molecule has 0 spiro atoms. The molecule has 2 aliphatic rings. The van der Waals surface area contributed by atoms with Crippen LogP contribution in [0.5, 0.6) is 5.75 Å². The zero-order chi connectivity index (χ0) is 32.2. The SMILES string of the molecule is CCOC(=O)C1=C(C)NC(C)=C(C(=O)OCCCOc2ccc(CCCOC3CCCCO3)cc2)C1c1cccc([N+](=O)[O-])c1. The third-order valence-corrected chi connectivity index (χ3v) is 7.66. The lowest BCUT2D eigenvalue weighted by Crippen LogP contribution is -2.32. The standard InChI is InChI=1S/C34H42N2O9/c1-4-41-33(37)30-23(2)35-24(3)31(32(30)26-11-7-12-27(22-26)36(39)40)34(38)45-21-9-20-42-28-16-14-25(15-17-28)10-8-19-44-29-13-5-6-18-43-29/h7,11-12,14-17,22,29,32,35H,4-6,8-10,13,18-21H2,1-3H3. The largest absolute Gasteiger partial charge is 0.493 e. The van der Waals surface area contributed by atoms with Gasteiger partial charge in [0.2, 0.25) is 0 Å². The Morgan fingerprint density at radius 1 is 0.956 bits per heavy atom. The van der Waals surface area contributed by atoms with Gasteiger partial charge in [0, 0.05) is 36.6 Å². The summed E-state index contributed by atoms with van der Waals surface area (Å²) in [4.78, 5) is 37.4. The van der Waals surface area contributed by atoms with Gasteiger partial charge in [-0.25, -0.2) is 9.59 Å². The summed E-state index contributed by atoms with van der Waals surface area (Å²) in [5.74, 6) is -1.43. The van der Waals surface area contributed by atoms with E-state index in [2.05, 4.69) is 5.32 Å². The van der Waals surface area contributed by atoms with Crippen molar-refractivity contribution >= 4 is 17.6 Å². The third kappa shape index (κ3) is 9.39. The molecule has 2 aliphatic heterocycles. The molecule has 2 atom stereocenters. The zero-order valence-electron chi connectivity index (χ0n) is 26.2. The summed E-state index contributed by atoms with van der Waals surface area (Å²) in [5.41, 5.74) is 2.84. The molecule has 11 nitrogen and oxygen atoms in total. The van der Waals surface area contributed by atoms with Crippen LogP contribution in [0.4, 0.5) is 5.69 Å². The molecular weight excluding hydrogens is 580 g/mol. The Bertz CT molecular complexity index is 1390. The molecule has 11 heteroatoms. The van der Waals surface area contributed by atoms with Crippen molar-refractivity contribution in [3.05, 3.63) is 92.3 Å². The van der Waals surface area contributed by atoms with Gasteiger partial charge >= 0.3 is 11.9 Å². The van der Waals surface area contributed by atoms with Crippen molar-refractivity contribution in [2.45, 2.75) is 71.5 Å². The molecule has 4 rings (SSSR count). The van der Waals surface area contributed by atoms with Crippen LogP contribution in [-0.2, 0) is 35.0 Å². The molecule has 1 N–H and O–H groups in total. The maximum absolute atomic E-state index is 13.4. The predicted molar refractivity (Wildman–Crippen MR) is 166 cm³/mol. The van der Waals surface area contributed by atoms with E-state index in [-0.39, 0.29) is 36.3 Å². The molecule has 2 unspecified atom stereocenters. The Morgan fingerprint density at radius 3 is 2.36 bits per heavy atom. The number of rotatable bonds is 15. The van der Waals surface area contributed by atoms with Crippen molar-refractivity contribution in [2.75, 3.05) is 33.0 Å². The second kappa shape index (κ2) is 16.7. The van der Waals surface area contributed by atoms with E-state index in [9.17, 15) is 19.7 Å². The third-order valence-electron chi connectivity index (χ3n) is 7.66. The lowest BCUT2D eigenvalue weighted by atomic mass is 9.80. The van der Waals surface area contributed by atoms with Gasteiger partial charge in [0.25, 0.3) is 5.69 Å². The highest BCUT2D eigenvalue weighted by Crippen LogP contribution is 2.40. The van der Waals surface area contributed by atoms with E-state index < -0.39 is 22.8 Å². The molecule has 2 heterocycles. The first-order valence-corrected chi connectivity index (χ1v) is 15.5. The quantitative estimate of drug-likeness (QED) is 0.111. The van der Waals surface area contributed by atoms with Gasteiger partial charge in [0.1, 0.15) is 5.75 Å². The number of allylic oxidation sites excluding steroid dienone is 2. The van der Waals surface area contributed by atoms with Gasteiger partial charge in [-0.05, 0) is 76.1 Å². The Hall–Kier alpha value is -4.22. The number of hydrogen-bond acceptors (Lipinski definition) is 10. The van der Waals surface area contributed by atoms with Gasteiger partial charge in [-0.15, -0.1) is 0 Å². The van der Waals surface area contributed by atoms with Gasteiger partial charge < -0.3 is 29.0 Å². The predicted octanol–water partition coefficient (Wildman–Crippen LogP) is 5.88. The number of non-ortho nitro benzene ring substituents is 1. The average molecular weight is 623 g/mol. The summed E-state index contributed by atoms with van der Waals surface area (Å²) in [6, 6.07) is 13.8. The Morgan fingerprint density at radius 2 is 1.69 bits per heavy atom. The first-order valence-electron chi connectivity index (χ1n) is 15.5. The number of hydrogen-bond donors (Lipinski definition) is 1. The first-order chi connectivity index (χ1) is 21.8. The van der Waals surface area contributed by atoms with Crippen molar-refractivity contribution in [3.8, 4) is 5.75 Å². The molecule has 0 radical (unpaired) electrons. The van der Waals surface area contributed by atoms with Crippen LogP contribution < -0.4 is 10.1 Å². The molecule has 2 aromatic rings. The Labute approximate surface area is 263 Å². The van der Waals surface area contributed by atoms with Crippen molar-refractivity contribution in [1.29, 1.82) is 0 Å². The van der Waals surface area contributed by atoms with E-state index in [1.807, 2.05) is 24.3 Å². The van der Waals surface area contributed by atoms with Gasteiger partial charge in [0.15, 0.2) is 6.29 Å².